The van der Waals surface area contributed by atoms with Gasteiger partial charge in [-0.1, -0.05) is 63.2 Å². The molecule has 0 saturated carbocycles. The molecule has 2 aromatic carbocycles. The average molecular weight is 481 g/mol. The van der Waals surface area contributed by atoms with Crippen molar-refractivity contribution in [3.05, 3.63) is 57.0 Å². The van der Waals surface area contributed by atoms with Crippen molar-refractivity contribution < 1.29 is 0 Å². The molecular formula is C15H11Br2N7S. The highest BCUT2D eigenvalue weighted by Crippen LogP contribution is 2.29. The molecule has 0 saturated heterocycles. The van der Waals surface area contributed by atoms with E-state index in [9.17, 15) is 0 Å². The van der Waals surface area contributed by atoms with Crippen molar-refractivity contribution in [2.45, 2.75) is 17.5 Å². The maximum absolute atomic E-state index is 4.24. The number of aromatic amines is 1. The SMILES string of the molecule is Brc1ccc(Cn2c(Br)nnc2SCc2nn[nH]n2)c2ccccc12. The molecule has 0 atom stereocenters. The van der Waals surface area contributed by atoms with Crippen LogP contribution < -0.4 is 0 Å². The summed E-state index contributed by atoms with van der Waals surface area (Å²) >= 11 is 8.62. The number of halogens is 2. The van der Waals surface area contributed by atoms with E-state index in [-0.39, 0.29) is 0 Å². The molecule has 1 N–H and O–H groups in total. The Morgan fingerprint density at radius 3 is 2.64 bits per heavy atom. The minimum absolute atomic E-state index is 0.572. The Labute approximate surface area is 163 Å². The number of rotatable bonds is 5. The zero-order chi connectivity index (χ0) is 17.2. The van der Waals surface area contributed by atoms with E-state index < -0.39 is 0 Å². The number of thioether (sulfide) groups is 1. The molecule has 0 aliphatic rings. The van der Waals surface area contributed by atoms with Crippen molar-refractivity contribution in [3.63, 3.8) is 0 Å². The summed E-state index contributed by atoms with van der Waals surface area (Å²) in [5.41, 5.74) is 1.20. The summed E-state index contributed by atoms with van der Waals surface area (Å²) in [5.74, 6) is 1.20. The maximum atomic E-state index is 4.24. The van der Waals surface area contributed by atoms with Crippen LogP contribution in [0.25, 0.3) is 10.8 Å². The molecule has 0 amide bonds. The second-order valence-electron chi connectivity index (χ2n) is 5.21. The van der Waals surface area contributed by atoms with E-state index in [0.29, 0.717) is 22.9 Å². The van der Waals surface area contributed by atoms with Gasteiger partial charge in [0, 0.05) is 4.47 Å². The Kier molecular flexibility index (Phi) is 4.82. The second-order valence-corrected chi connectivity index (χ2v) is 7.71. The number of hydrogen-bond donors (Lipinski definition) is 1. The molecule has 0 aliphatic carbocycles. The molecule has 126 valence electrons. The van der Waals surface area contributed by atoms with Gasteiger partial charge >= 0.3 is 0 Å². The largest absolute Gasteiger partial charge is 0.292 e. The predicted octanol–water partition coefficient (Wildman–Crippen LogP) is 3.81. The lowest BCUT2D eigenvalue weighted by atomic mass is 10.0. The molecule has 25 heavy (non-hydrogen) atoms. The topological polar surface area (TPSA) is 85.2 Å². The number of H-pyrrole nitrogens is 1. The lowest BCUT2D eigenvalue weighted by Gasteiger charge is -2.11. The Morgan fingerprint density at radius 2 is 1.84 bits per heavy atom. The first-order valence-electron chi connectivity index (χ1n) is 7.32. The summed E-state index contributed by atoms with van der Waals surface area (Å²) in [4.78, 5) is 0. The Balaban J connectivity index is 1.65. The number of tetrazole rings is 1. The first kappa shape index (κ1) is 16.7. The van der Waals surface area contributed by atoms with Crippen molar-refractivity contribution in [2.75, 3.05) is 0 Å². The Bertz CT molecular complexity index is 1020. The molecule has 0 bridgehead atoms. The quantitative estimate of drug-likeness (QED) is 0.437. The predicted molar refractivity (Wildman–Crippen MR) is 102 cm³/mol. The molecule has 7 nitrogen and oxygen atoms in total. The molecule has 2 heterocycles. The summed E-state index contributed by atoms with van der Waals surface area (Å²) in [6, 6.07) is 12.5. The Morgan fingerprint density at radius 1 is 1.00 bits per heavy atom. The van der Waals surface area contributed by atoms with Gasteiger partial charge in [0.05, 0.1) is 12.3 Å². The summed E-state index contributed by atoms with van der Waals surface area (Å²) < 4.78 is 3.80. The monoisotopic (exact) mass is 479 g/mol. The van der Waals surface area contributed by atoms with Crippen molar-refractivity contribution >= 4 is 54.4 Å². The molecular weight excluding hydrogens is 470 g/mol. The smallest absolute Gasteiger partial charge is 0.201 e. The van der Waals surface area contributed by atoms with Gasteiger partial charge in [0.15, 0.2) is 11.0 Å². The van der Waals surface area contributed by atoms with Gasteiger partial charge < -0.3 is 0 Å². The molecule has 4 rings (SSSR count). The van der Waals surface area contributed by atoms with Crippen LogP contribution in [0.3, 0.4) is 0 Å². The van der Waals surface area contributed by atoms with Crippen LogP contribution in [-0.4, -0.2) is 35.4 Å². The van der Waals surface area contributed by atoms with Crippen LogP contribution in [0, 0.1) is 0 Å². The summed E-state index contributed by atoms with van der Waals surface area (Å²) in [6.45, 7) is 0.663. The van der Waals surface area contributed by atoms with Crippen LogP contribution in [0.4, 0.5) is 0 Å². The first-order chi connectivity index (χ1) is 12.2. The number of nitrogens with zero attached hydrogens (tertiary/aromatic N) is 6. The summed E-state index contributed by atoms with van der Waals surface area (Å²) in [6.07, 6.45) is 0. The maximum Gasteiger partial charge on any atom is 0.201 e. The minimum Gasteiger partial charge on any atom is -0.292 e. The van der Waals surface area contributed by atoms with Crippen molar-refractivity contribution in [1.82, 2.24) is 35.4 Å². The number of nitrogens with one attached hydrogen (secondary N) is 1. The highest BCUT2D eigenvalue weighted by Gasteiger charge is 2.14. The lowest BCUT2D eigenvalue weighted by molar-refractivity contribution is 0.698. The van der Waals surface area contributed by atoms with Crippen molar-refractivity contribution in [3.8, 4) is 0 Å². The zero-order valence-corrected chi connectivity index (χ0v) is 16.7. The van der Waals surface area contributed by atoms with E-state index in [2.05, 4.69) is 86.9 Å². The van der Waals surface area contributed by atoms with E-state index in [0.717, 1.165) is 9.63 Å². The standard InChI is InChI=1S/C15H11Br2N7S/c16-12-6-5-9(10-3-1-2-4-11(10)12)7-24-14(17)20-21-15(24)25-8-13-18-22-23-19-13/h1-6H,7-8H2,(H,18,19,22,23). The minimum atomic E-state index is 0.572. The number of hydrogen-bond acceptors (Lipinski definition) is 6. The van der Waals surface area contributed by atoms with Crippen LogP contribution in [0.15, 0.2) is 50.8 Å². The number of aromatic nitrogens is 7. The van der Waals surface area contributed by atoms with E-state index in [1.807, 2.05) is 16.7 Å². The van der Waals surface area contributed by atoms with E-state index in [1.165, 1.54) is 28.1 Å². The van der Waals surface area contributed by atoms with Crippen LogP contribution in [0.2, 0.25) is 0 Å². The van der Waals surface area contributed by atoms with Gasteiger partial charge in [-0.15, -0.1) is 20.4 Å². The second kappa shape index (κ2) is 7.22. The third-order valence-corrected chi connectivity index (χ3v) is 5.92. The fourth-order valence-electron chi connectivity index (χ4n) is 2.52. The molecule has 0 spiro atoms. The normalized spacial score (nSPS) is 11.3. The molecule has 2 aromatic heterocycles. The van der Waals surface area contributed by atoms with Gasteiger partial charge in [0.2, 0.25) is 4.73 Å². The van der Waals surface area contributed by atoms with Gasteiger partial charge in [-0.05, 0) is 38.3 Å². The highest BCUT2D eigenvalue weighted by molar-refractivity contribution is 9.10. The first-order valence-corrected chi connectivity index (χ1v) is 9.89. The highest BCUT2D eigenvalue weighted by atomic mass is 79.9. The van der Waals surface area contributed by atoms with Gasteiger partial charge in [-0.2, -0.15) is 5.21 Å². The third kappa shape index (κ3) is 3.46. The molecule has 10 heteroatoms. The van der Waals surface area contributed by atoms with E-state index in [1.54, 1.807) is 0 Å². The fourth-order valence-corrected chi connectivity index (χ4v) is 4.27. The molecule has 0 radical (unpaired) electrons. The molecule has 0 unspecified atom stereocenters. The lowest BCUT2D eigenvalue weighted by Crippen LogP contribution is -2.03. The molecule has 0 aliphatic heterocycles. The Hall–Kier alpha value is -1.78. The average Bonchev–Trinajstić information content (AvgIpc) is 3.26. The van der Waals surface area contributed by atoms with Gasteiger partial charge in [-0.25, -0.2) is 0 Å². The van der Waals surface area contributed by atoms with E-state index in [4.69, 9.17) is 0 Å². The molecule has 0 fully saturated rings. The third-order valence-electron chi connectivity index (χ3n) is 3.68. The fraction of sp³-hybridized carbons (Fsp3) is 0.133. The van der Waals surface area contributed by atoms with Crippen LogP contribution in [0.1, 0.15) is 11.4 Å². The van der Waals surface area contributed by atoms with Crippen LogP contribution in [-0.2, 0) is 12.3 Å². The van der Waals surface area contributed by atoms with Crippen LogP contribution in [0.5, 0.6) is 0 Å². The van der Waals surface area contributed by atoms with Crippen LogP contribution >= 0.6 is 43.6 Å². The zero-order valence-electron chi connectivity index (χ0n) is 12.7. The van der Waals surface area contributed by atoms with Gasteiger partial charge in [-0.3, -0.25) is 4.57 Å². The number of fused-ring (bicyclic) bond motifs is 1. The van der Waals surface area contributed by atoms with Gasteiger partial charge in [0.25, 0.3) is 0 Å². The van der Waals surface area contributed by atoms with Crippen molar-refractivity contribution in [1.29, 1.82) is 0 Å². The van der Waals surface area contributed by atoms with Crippen molar-refractivity contribution in [2.24, 2.45) is 0 Å². The van der Waals surface area contributed by atoms with E-state index >= 15 is 0 Å². The number of benzene rings is 2. The summed E-state index contributed by atoms with van der Waals surface area (Å²) in [7, 11) is 0. The van der Waals surface area contributed by atoms with Gasteiger partial charge in [0.1, 0.15) is 0 Å². The summed E-state index contributed by atoms with van der Waals surface area (Å²) in [5, 5.41) is 25.5. The molecule has 4 aromatic rings.